The maximum atomic E-state index is 13.6. The first-order valence-electron chi connectivity index (χ1n) is 13.3. The average Bonchev–Trinajstić information content (AvgIpc) is 3.37. The fourth-order valence-corrected chi connectivity index (χ4v) is 4.61. The molecule has 4 rings (SSSR count). The van der Waals surface area contributed by atoms with E-state index in [4.69, 9.17) is 13.9 Å². The lowest BCUT2D eigenvalue weighted by molar-refractivity contribution is -0.158. The number of methoxy groups -OCH3 is 1. The van der Waals surface area contributed by atoms with Gasteiger partial charge in [0, 0.05) is 19.6 Å². The van der Waals surface area contributed by atoms with E-state index >= 15 is 0 Å². The van der Waals surface area contributed by atoms with Crippen molar-refractivity contribution in [1.82, 2.24) is 15.6 Å². The van der Waals surface area contributed by atoms with Gasteiger partial charge >= 0.3 is 5.97 Å². The smallest absolute Gasteiger partial charge is 0.310 e. The second-order valence-corrected chi connectivity index (χ2v) is 9.90. The molecule has 0 saturated heterocycles. The van der Waals surface area contributed by atoms with Crippen LogP contribution in [-0.2, 0) is 30.3 Å². The van der Waals surface area contributed by atoms with E-state index < -0.39 is 47.8 Å². The number of allylic oxidation sites excluding steroid dienone is 2. The highest BCUT2D eigenvalue weighted by Crippen LogP contribution is 2.27. The third kappa shape index (κ3) is 7.34. The van der Waals surface area contributed by atoms with Gasteiger partial charge in [-0.3, -0.25) is 14.4 Å². The van der Waals surface area contributed by atoms with E-state index in [1.807, 2.05) is 54.6 Å². The van der Waals surface area contributed by atoms with Gasteiger partial charge in [0.25, 0.3) is 0 Å². The standard InChI is InChI=1S/C30H35N3O7/c1-19(17-34)31-28(35)22-13-7-6-12-21(16-26-32-23-14-8-9-15-25(23)39-26)30(37)40-27(20-10-4-3-5-11-20)24(18-38-2)33-29(22)36/h3-11,14-15,19,21-22,24,27,34H,12-13,16-18H2,1-2H3,(H,31,35)(H,33,36)/t19-,21?,22?,24?,27?/m1/s1. The Labute approximate surface area is 232 Å². The first-order valence-corrected chi connectivity index (χ1v) is 13.3. The number of aliphatic hydroxyl groups excluding tert-OH is 1. The van der Waals surface area contributed by atoms with Gasteiger partial charge in [-0.1, -0.05) is 54.6 Å². The van der Waals surface area contributed by atoms with Crippen molar-refractivity contribution in [3.63, 3.8) is 0 Å². The number of ether oxygens (including phenoxy) is 2. The molecule has 0 radical (unpaired) electrons. The van der Waals surface area contributed by atoms with Crippen molar-refractivity contribution in [3.05, 3.63) is 78.2 Å². The molecule has 40 heavy (non-hydrogen) atoms. The molecule has 2 amide bonds. The second-order valence-electron chi connectivity index (χ2n) is 9.90. The summed E-state index contributed by atoms with van der Waals surface area (Å²) in [6.07, 6.45) is 3.20. The molecule has 3 aromatic rings. The molecule has 1 aromatic heterocycles. The normalized spacial score (nSPS) is 23.0. The van der Waals surface area contributed by atoms with Crippen LogP contribution in [0.25, 0.3) is 11.1 Å². The van der Waals surface area contributed by atoms with Crippen LogP contribution in [0.5, 0.6) is 0 Å². The summed E-state index contributed by atoms with van der Waals surface area (Å²) in [6.45, 7) is 1.42. The molecule has 0 bridgehead atoms. The number of aromatic nitrogens is 1. The van der Waals surface area contributed by atoms with Crippen LogP contribution in [0, 0.1) is 11.8 Å². The van der Waals surface area contributed by atoms with Gasteiger partial charge in [-0.2, -0.15) is 0 Å². The Bertz CT molecular complexity index is 1290. The largest absolute Gasteiger partial charge is 0.455 e. The number of amides is 2. The van der Waals surface area contributed by atoms with Crippen LogP contribution in [0.3, 0.4) is 0 Å². The van der Waals surface area contributed by atoms with E-state index in [1.165, 1.54) is 7.11 Å². The fraction of sp³-hybridized carbons (Fsp3) is 0.400. The van der Waals surface area contributed by atoms with Gasteiger partial charge in [0.15, 0.2) is 11.5 Å². The number of para-hydroxylation sites is 2. The van der Waals surface area contributed by atoms with Crippen LogP contribution < -0.4 is 10.6 Å². The number of rotatable bonds is 8. The minimum absolute atomic E-state index is 0.0333. The molecule has 212 valence electrons. The highest BCUT2D eigenvalue weighted by Gasteiger charge is 2.35. The van der Waals surface area contributed by atoms with E-state index in [2.05, 4.69) is 15.6 Å². The molecule has 4 unspecified atom stereocenters. The van der Waals surface area contributed by atoms with Gasteiger partial charge in [-0.25, -0.2) is 4.98 Å². The number of benzene rings is 2. The monoisotopic (exact) mass is 549 g/mol. The van der Waals surface area contributed by atoms with Gasteiger partial charge in [0.2, 0.25) is 11.8 Å². The minimum Gasteiger partial charge on any atom is -0.455 e. The van der Waals surface area contributed by atoms with Gasteiger partial charge in [-0.15, -0.1) is 0 Å². The van der Waals surface area contributed by atoms with Crippen LogP contribution in [0.1, 0.15) is 37.3 Å². The van der Waals surface area contributed by atoms with E-state index in [-0.39, 0.29) is 32.5 Å². The molecule has 1 aliphatic rings. The van der Waals surface area contributed by atoms with Crippen LogP contribution in [0.15, 0.2) is 71.2 Å². The minimum atomic E-state index is -1.06. The van der Waals surface area contributed by atoms with Crippen molar-refractivity contribution >= 4 is 28.9 Å². The molecule has 0 spiro atoms. The zero-order chi connectivity index (χ0) is 28.5. The summed E-state index contributed by atoms with van der Waals surface area (Å²) < 4.78 is 17.4. The topological polar surface area (TPSA) is 140 Å². The molecule has 10 nitrogen and oxygen atoms in total. The molecule has 0 fully saturated rings. The number of carbonyl (C=O) groups is 3. The molecule has 5 atom stereocenters. The first-order chi connectivity index (χ1) is 19.4. The summed E-state index contributed by atoms with van der Waals surface area (Å²) in [5.41, 5.74) is 2.00. The highest BCUT2D eigenvalue weighted by atomic mass is 16.5. The van der Waals surface area contributed by atoms with Crippen molar-refractivity contribution in [2.45, 2.75) is 44.4 Å². The number of fused-ring (bicyclic) bond motifs is 1. The van der Waals surface area contributed by atoms with Gasteiger partial charge in [0.05, 0.1) is 25.2 Å². The highest BCUT2D eigenvalue weighted by molar-refractivity contribution is 6.00. The number of nitrogens with zero attached hydrogens (tertiary/aromatic N) is 1. The van der Waals surface area contributed by atoms with Crippen molar-refractivity contribution in [1.29, 1.82) is 0 Å². The lowest BCUT2D eigenvalue weighted by Gasteiger charge is -2.30. The number of carbonyl (C=O) groups excluding carboxylic acids is 3. The summed E-state index contributed by atoms with van der Waals surface area (Å²) in [7, 11) is 1.48. The van der Waals surface area contributed by atoms with E-state index in [9.17, 15) is 19.5 Å². The maximum absolute atomic E-state index is 13.6. The molecule has 3 N–H and O–H groups in total. The van der Waals surface area contributed by atoms with Crippen molar-refractivity contribution in [2.24, 2.45) is 11.8 Å². The summed E-state index contributed by atoms with van der Waals surface area (Å²) in [6, 6.07) is 15.2. The van der Waals surface area contributed by atoms with Gasteiger partial charge in [-0.05, 0) is 37.5 Å². The molecular weight excluding hydrogens is 514 g/mol. The number of hydrogen-bond donors (Lipinski definition) is 3. The van der Waals surface area contributed by atoms with Crippen molar-refractivity contribution in [2.75, 3.05) is 20.3 Å². The average molecular weight is 550 g/mol. The van der Waals surface area contributed by atoms with E-state index in [0.29, 0.717) is 22.6 Å². The molecule has 2 aromatic carbocycles. The molecular formula is C30H35N3O7. The molecule has 2 heterocycles. The van der Waals surface area contributed by atoms with Gasteiger partial charge in [0.1, 0.15) is 17.5 Å². The third-order valence-corrected chi connectivity index (χ3v) is 6.76. The number of cyclic esters (lactones) is 1. The molecule has 10 heteroatoms. The predicted molar refractivity (Wildman–Crippen MR) is 147 cm³/mol. The molecule has 1 aliphatic heterocycles. The van der Waals surface area contributed by atoms with Gasteiger partial charge < -0.3 is 29.6 Å². The Morgan fingerprint density at radius 2 is 1.85 bits per heavy atom. The Balaban J connectivity index is 1.68. The summed E-state index contributed by atoms with van der Waals surface area (Å²) in [5.74, 6) is -2.79. The van der Waals surface area contributed by atoms with E-state index in [1.54, 1.807) is 19.1 Å². The number of hydrogen-bond acceptors (Lipinski definition) is 8. The number of nitrogens with one attached hydrogen (secondary N) is 2. The zero-order valence-electron chi connectivity index (χ0n) is 22.6. The van der Waals surface area contributed by atoms with Crippen LogP contribution >= 0.6 is 0 Å². The predicted octanol–water partition coefficient (Wildman–Crippen LogP) is 2.87. The maximum Gasteiger partial charge on any atom is 0.310 e. The lowest BCUT2D eigenvalue weighted by Crippen LogP contribution is -2.50. The van der Waals surface area contributed by atoms with Crippen LogP contribution in [-0.4, -0.2) is 60.3 Å². The summed E-state index contributed by atoms with van der Waals surface area (Å²) in [4.78, 5) is 44.5. The number of aliphatic hydroxyl groups is 1. The Hall–Kier alpha value is -4.02. The van der Waals surface area contributed by atoms with Crippen LogP contribution in [0.4, 0.5) is 0 Å². The Morgan fingerprint density at radius 3 is 2.58 bits per heavy atom. The number of oxazole rings is 1. The Kier molecular flexibility index (Phi) is 10.0. The molecule has 0 saturated carbocycles. The SMILES string of the molecule is COCC1NC(=O)C(C(=O)N[C@H](C)CO)CC=CCC(Cc2nc3ccccc3o2)C(=O)OC1c1ccccc1. The second kappa shape index (κ2) is 13.9. The third-order valence-electron chi connectivity index (χ3n) is 6.76. The zero-order valence-corrected chi connectivity index (χ0v) is 22.6. The fourth-order valence-electron chi connectivity index (χ4n) is 4.61. The summed E-state index contributed by atoms with van der Waals surface area (Å²) >= 11 is 0. The first kappa shape index (κ1) is 29.0. The molecule has 0 aliphatic carbocycles. The van der Waals surface area contributed by atoms with Crippen molar-refractivity contribution in [3.8, 4) is 0 Å². The van der Waals surface area contributed by atoms with E-state index in [0.717, 1.165) is 0 Å². The Morgan fingerprint density at radius 1 is 1.12 bits per heavy atom. The number of esters is 1. The van der Waals surface area contributed by atoms with Crippen molar-refractivity contribution < 1.29 is 33.4 Å². The summed E-state index contributed by atoms with van der Waals surface area (Å²) in [5, 5.41) is 14.9. The van der Waals surface area contributed by atoms with Crippen LogP contribution in [0.2, 0.25) is 0 Å². The lowest BCUT2D eigenvalue weighted by atomic mass is 9.95. The quantitative estimate of drug-likeness (QED) is 0.221.